The van der Waals surface area contributed by atoms with Crippen molar-refractivity contribution in [2.45, 2.75) is 263 Å². The number of rotatable bonds is 43. The first kappa shape index (κ1) is 60.2. The predicted molar refractivity (Wildman–Crippen MR) is 250 cm³/mol. The molecule has 346 valence electrons. The van der Waals surface area contributed by atoms with Gasteiger partial charge in [-0.15, -0.1) is 0 Å². The molecular formula is C52H89KO7S. The van der Waals surface area contributed by atoms with Gasteiger partial charge in [-0.2, -0.15) is 0 Å². The van der Waals surface area contributed by atoms with E-state index < -0.39 is 27.0 Å². The van der Waals surface area contributed by atoms with Gasteiger partial charge in [0.1, 0.15) is 10.1 Å². The van der Waals surface area contributed by atoms with Crippen LogP contribution >= 0.6 is 0 Å². The summed E-state index contributed by atoms with van der Waals surface area (Å²) in [5.41, 5.74) is -0.492. The van der Waals surface area contributed by atoms with Crippen LogP contribution in [0.5, 0.6) is 0 Å². The minimum Gasteiger partial charge on any atom is -0.744 e. The van der Waals surface area contributed by atoms with Crippen LogP contribution in [0, 0.1) is 0 Å². The summed E-state index contributed by atoms with van der Waals surface area (Å²) in [5, 5.41) is 0. The summed E-state index contributed by atoms with van der Waals surface area (Å²) in [6, 6.07) is 3.01. The fourth-order valence-electron chi connectivity index (χ4n) is 7.84. The van der Waals surface area contributed by atoms with Crippen molar-refractivity contribution in [3.05, 3.63) is 54.0 Å². The van der Waals surface area contributed by atoms with Crippen molar-refractivity contribution in [2.24, 2.45) is 0 Å². The van der Waals surface area contributed by atoms with Crippen LogP contribution in [0.25, 0.3) is 0 Å². The van der Waals surface area contributed by atoms with E-state index in [-0.39, 0.29) is 62.5 Å². The van der Waals surface area contributed by atoms with Crippen LogP contribution in [0.4, 0.5) is 0 Å². The summed E-state index contributed by atoms with van der Waals surface area (Å²) < 4.78 is 45.5. The van der Waals surface area contributed by atoms with Gasteiger partial charge in [0.15, 0.2) is 0 Å². The number of esters is 2. The van der Waals surface area contributed by atoms with E-state index >= 15 is 0 Å². The molecule has 0 aliphatic carbocycles. The minimum atomic E-state index is -4.85. The predicted octanol–water partition coefficient (Wildman–Crippen LogP) is 13.8. The monoisotopic (exact) mass is 897 g/mol. The van der Waals surface area contributed by atoms with Gasteiger partial charge in [-0.1, -0.05) is 232 Å². The molecule has 7 nitrogen and oxygen atoms in total. The Kier molecular flexibility index (Phi) is 43.8. The van der Waals surface area contributed by atoms with Gasteiger partial charge in [0, 0.05) is 0 Å². The van der Waals surface area contributed by atoms with Gasteiger partial charge in [0.2, 0.25) is 0 Å². The zero-order valence-electron chi connectivity index (χ0n) is 39.7. The van der Waals surface area contributed by atoms with Gasteiger partial charge in [0.05, 0.1) is 28.5 Å². The number of unbranched alkanes of at least 4 members (excludes halogenated alkanes) is 36. The van der Waals surface area contributed by atoms with Crippen molar-refractivity contribution in [1.29, 1.82) is 0 Å². The third-order valence-corrected chi connectivity index (χ3v) is 12.5. The van der Waals surface area contributed by atoms with Crippen molar-refractivity contribution in [1.82, 2.24) is 0 Å². The number of carbonyl (C=O) groups excluding carboxylic acids is 2. The smallest absolute Gasteiger partial charge is 0.744 e. The van der Waals surface area contributed by atoms with E-state index in [9.17, 15) is 22.6 Å². The molecule has 0 saturated carbocycles. The van der Waals surface area contributed by atoms with Gasteiger partial charge in [-0.3, -0.25) is 0 Å². The maximum absolute atomic E-state index is 12.9. The molecule has 1 rings (SSSR count). The molecule has 0 amide bonds. The number of benzene rings is 1. The topological polar surface area (TPSA) is 110 Å². The van der Waals surface area contributed by atoms with Crippen LogP contribution in [0.15, 0.2) is 47.8 Å². The number of hydrogen-bond donors (Lipinski definition) is 0. The fraction of sp³-hybridized carbons (Fsp3) is 0.769. The van der Waals surface area contributed by atoms with Crippen LogP contribution in [0.1, 0.15) is 279 Å². The Balaban J connectivity index is 0.0000360. The Bertz CT molecular complexity index is 1340. The Morgan fingerprint density at radius 2 is 0.705 bits per heavy atom. The van der Waals surface area contributed by atoms with E-state index in [0.29, 0.717) is 0 Å². The van der Waals surface area contributed by atoms with E-state index in [4.69, 9.17) is 9.47 Å². The summed E-state index contributed by atoms with van der Waals surface area (Å²) in [7, 11) is -4.85. The Morgan fingerprint density at radius 1 is 0.443 bits per heavy atom. The van der Waals surface area contributed by atoms with E-state index in [0.717, 1.165) is 56.7 Å². The molecule has 0 aromatic heterocycles. The molecule has 0 fully saturated rings. The summed E-state index contributed by atoms with van der Waals surface area (Å²) >= 11 is 0. The average Bonchev–Trinajstić information content (AvgIpc) is 3.24. The zero-order valence-corrected chi connectivity index (χ0v) is 43.6. The van der Waals surface area contributed by atoms with E-state index in [1.54, 1.807) is 12.2 Å². The van der Waals surface area contributed by atoms with Crippen molar-refractivity contribution in [2.75, 3.05) is 0 Å². The quantitative estimate of drug-likeness (QED) is 0.0211. The first-order valence-electron chi connectivity index (χ1n) is 25.1. The molecular weight excluding hydrogens is 808 g/mol. The third kappa shape index (κ3) is 37.1. The summed E-state index contributed by atoms with van der Waals surface area (Å²) in [4.78, 5) is 25.2. The first-order valence-corrected chi connectivity index (χ1v) is 26.5. The second-order valence-electron chi connectivity index (χ2n) is 17.3. The standard InChI is InChI=1S/C52H90O7S.K/c1-3-5-7-9-11-13-15-17-19-21-23-25-27-29-31-33-35-37-39-41-45-58-51(53)49-44-43-48(60(55,56)57)47-50(49)52(54)59-46-42-40-38-36-34-32-30-28-26-24-22-20-18-16-14-12-10-8-6-4-2;/h41-47H,3-40H2,1-2H3,(H,55,56,57);/q;+1/p-1/b45-41+,46-42+;. The molecule has 0 aliphatic heterocycles. The van der Waals surface area contributed by atoms with Crippen LogP contribution in [-0.4, -0.2) is 24.9 Å². The molecule has 61 heavy (non-hydrogen) atoms. The second kappa shape index (κ2) is 44.4. The minimum absolute atomic E-state index is 0. The Morgan fingerprint density at radius 3 is 0.984 bits per heavy atom. The fourth-order valence-corrected chi connectivity index (χ4v) is 8.33. The molecule has 0 N–H and O–H groups in total. The summed E-state index contributed by atoms with van der Waals surface area (Å²) in [6.07, 6.45) is 55.1. The van der Waals surface area contributed by atoms with Crippen molar-refractivity contribution < 1.29 is 83.4 Å². The summed E-state index contributed by atoms with van der Waals surface area (Å²) in [5.74, 6) is -1.75. The number of allylic oxidation sites excluding steroid dienone is 2. The summed E-state index contributed by atoms with van der Waals surface area (Å²) in [6.45, 7) is 4.54. The molecule has 1 aromatic carbocycles. The molecule has 0 bridgehead atoms. The number of hydrogen-bond acceptors (Lipinski definition) is 7. The molecule has 0 radical (unpaired) electrons. The van der Waals surface area contributed by atoms with E-state index in [1.165, 1.54) is 218 Å². The Labute approximate surface area is 418 Å². The van der Waals surface area contributed by atoms with Crippen LogP contribution in [-0.2, 0) is 19.6 Å². The van der Waals surface area contributed by atoms with Gasteiger partial charge in [0.25, 0.3) is 0 Å². The largest absolute Gasteiger partial charge is 1.00 e. The molecule has 0 aliphatic rings. The van der Waals surface area contributed by atoms with Crippen LogP contribution in [0.2, 0.25) is 0 Å². The normalized spacial score (nSPS) is 11.7. The second-order valence-corrected chi connectivity index (χ2v) is 18.7. The van der Waals surface area contributed by atoms with Crippen molar-refractivity contribution >= 4 is 22.1 Å². The Hall–Kier alpha value is -0.814. The maximum Gasteiger partial charge on any atom is 1.00 e. The van der Waals surface area contributed by atoms with Crippen molar-refractivity contribution in [3.63, 3.8) is 0 Å². The number of ether oxygens (including phenoxy) is 2. The van der Waals surface area contributed by atoms with E-state index in [1.807, 2.05) is 0 Å². The molecule has 9 heteroatoms. The van der Waals surface area contributed by atoms with Gasteiger partial charge < -0.3 is 14.0 Å². The molecule has 1 aromatic rings. The van der Waals surface area contributed by atoms with Gasteiger partial charge in [-0.25, -0.2) is 18.0 Å². The van der Waals surface area contributed by atoms with E-state index in [2.05, 4.69) is 13.8 Å². The average molecular weight is 897 g/mol. The van der Waals surface area contributed by atoms with Crippen LogP contribution < -0.4 is 51.4 Å². The first-order chi connectivity index (χ1) is 29.3. The molecule has 0 heterocycles. The molecule has 0 spiro atoms. The SMILES string of the molecule is CCCCCCCCCCCCCCCCCCCC/C=C/OC(=O)c1ccc(S(=O)(=O)[O-])cc1C(=O)O/C=C/CCCCCCCCCCCCCCCCCCCC.[K+]. The zero-order chi connectivity index (χ0) is 43.6. The molecule has 0 atom stereocenters. The van der Waals surface area contributed by atoms with Crippen LogP contribution in [0.3, 0.4) is 0 Å². The number of carbonyl (C=O) groups is 2. The van der Waals surface area contributed by atoms with Gasteiger partial charge in [-0.05, 0) is 56.0 Å². The third-order valence-electron chi connectivity index (χ3n) is 11.7. The maximum atomic E-state index is 12.9. The van der Waals surface area contributed by atoms with Crippen molar-refractivity contribution in [3.8, 4) is 0 Å². The molecule has 0 saturated heterocycles. The molecule has 0 unspecified atom stereocenters. The van der Waals surface area contributed by atoms with Gasteiger partial charge >= 0.3 is 63.3 Å².